The minimum absolute atomic E-state index is 0.00933. The van der Waals surface area contributed by atoms with Crippen LogP contribution in [0.5, 0.6) is 0 Å². The Labute approximate surface area is 113 Å². The van der Waals surface area contributed by atoms with Crippen LogP contribution < -0.4 is 0 Å². The number of carbonyl (C=O) groups excluding carboxylic acids is 2. The fourth-order valence-electron chi connectivity index (χ4n) is 1.33. The number of aliphatic hydroxyl groups is 2. The standard InChI is InChI=1S/C13H24O6/c14-8-3-4-10-18-12(16)6-1-2-7-13(17)19-11-5-9-15/h14-15H,1-11H2. The Balaban J connectivity index is 3.32. The highest BCUT2D eigenvalue weighted by atomic mass is 16.5. The molecule has 0 aliphatic carbocycles. The lowest BCUT2D eigenvalue weighted by Crippen LogP contribution is -2.08. The van der Waals surface area contributed by atoms with E-state index in [1.165, 1.54) is 0 Å². The Kier molecular flexibility index (Phi) is 12.5. The Hall–Kier alpha value is -1.14. The van der Waals surface area contributed by atoms with Crippen molar-refractivity contribution in [1.29, 1.82) is 0 Å². The monoisotopic (exact) mass is 276 g/mol. The van der Waals surface area contributed by atoms with Crippen molar-refractivity contribution in [2.75, 3.05) is 26.4 Å². The average molecular weight is 276 g/mol. The van der Waals surface area contributed by atoms with E-state index in [0.29, 0.717) is 45.1 Å². The van der Waals surface area contributed by atoms with Crippen LogP contribution in [0.4, 0.5) is 0 Å². The zero-order valence-electron chi connectivity index (χ0n) is 11.3. The van der Waals surface area contributed by atoms with Gasteiger partial charge in [-0.1, -0.05) is 0 Å². The quantitative estimate of drug-likeness (QED) is 0.404. The third-order valence-corrected chi connectivity index (χ3v) is 2.39. The van der Waals surface area contributed by atoms with Crippen molar-refractivity contribution in [3.63, 3.8) is 0 Å². The van der Waals surface area contributed by atoms with E-state index in [1.807, 2.05) is 0 Å². The van der Waals surface area contributed by atoms with Crippen LogP contribution in [0, 0.1) is 0 Å². The topological polar surface area (TPSA) is 93.1 Å². The van der Waals surface area contributed by atoms with Crippen LogP contribution in [-0.2, 0) is 19.1 Å². The molecule has 0 aromatic rings. The fourth-order valence-corrected chi connectivity index (χ4v) is 1.33. The summed E-state index contributed by atoms with van der Waals surface area (Å²) in [5.41, 5.74) is 0. The highest BCUT2D eigenvalue weighted by Gasteiger charge is 2.05. The van der Waals surface area contributed by atoms with E-state index in [1.54, 1.807) is 0 Å². The van der Waals surface area contributed by atoms with Gasteiger partial charge in [0, 0.05) is 32.5 Å². The molecular formula is C13H24O6. The molecule has 112 valence electrons. The maximum atomic E-state index is 11.2. The summed E-state index contributed by atoms with van der Waals surface area (Å²) in [5, 5.41) is 17.0. The molecule has 0 fully saturated rings. The first-order valence-corrected chi connectivity index (χ1v) is 6.73. The van der Waals surface area contributed by atoms with Gasteiger partial charge in [-0.3, -0.25) is 9.59 Å². The van der Waals surface area contributed by atoms with Crippen molar-refractivity contribution in [3.05, 3.63) is 0 Å². The summed E-state index contributed by atoms with van der Waals surface area (Å²) >= 11 is 0. The van der Waals surface area contributed by atoms with Gasteiger partial charge in [0.05, 0.1) is 13.2 Å². The predicted octanol–water partition coefficient (Wildman–Crippen LogP) is 0.788. The van der Waals surface area contributed by atoms with Crippen LogP contribution in [0.15, 0.2) is 0 Å². The van der Waals surface area contributed by atoms with Crippen LogP contribution >= 0.6 is 0 Å². The van der Waals surface area contributed by atoms with Gasteiger partial charge in [0.1, 0.15) is 0 Å². The van der Waals surface area contributed by atoms with Gasteiger partial charge < -0.3 is 19.7 Å². The van der Waals surface area contributed by atoms with Gasteiger partial charge in [-0.2, -0.15) is 0 Å². The lowest BCUT2D eigenvalue weighted by atomic mass is 10.2. The predicted molar refractivity (Wildman–Crippen MR) is 68.4 cm³/mol. The second-order valence-corrected chi connectivity index (χ2v) is 4.16. The third-order valence-electron chi connectivity index (χ3n) is 2.39. The molecule has 0 heterocycles. The molecular weight excluding hydrogens is 252 g/mol. The Bertz CT molecular complexity index is 241. The zero-order chi connectivity index (χ0) is 14.3. The minimum Gasteiger partial charge on any atom is -0.466 e. The first kappa shape index (κ1) is 17.9. The zero-order valence-corrected chi connectivity index (χ0v) is 11.3. The molecule has 6 heteroatoms. The van der Waals surface area contributed by atoms with Crippen LogP contribution in [0.3, 0.4) is 0 Å². The van der Waals surface area contributed by atoms with Gasteiger partial charge >= 0.3 is 11.9 Å². The van der Waals surface area contributed by atoms with Gasteiger partial charge in [0.2, 0.25) is 0 Å². The van der Waals surface area contributed by atoms with Gasteiger partial charge in [-0.15, -0.1) is 0 Å². The molecule has 0 aromatic carbocycles. The molecule has 0 radical (unpaired) electrons. The molecule has 0 saturated carbocycles. The van der Waals surface area contributed by atoms with Crippen LogP contribution in [-0.4, -0.2) is 48.6 Å². The molecule has 19 heavy (non-hydrogen) atoms. The SMILES string of the molecule is O=C(CCCCC(=O)OCCCCO)OCCCO. The number of unbranched alkanes of at least 4 members (excludes halogenated alkanes) is 2. The van der Waals surface area contributed by atoms with Crippen molar-refractivity contribution in [2.45, 2.75) is 44.9 Å². The van der Waals surface area contributed by atoms with Crippen LogP contribution in [0.1, 0.15) is 44.9 Å². The van der Waals surface area contributed by atoms with Gasteiger partial charge in [-0.05, 0) is 25.7 Å². The Morgan fingerprint density at radius 3 is 1.63 bits per heavy atom. The molecule has 0 amide bonds. The number of carbonyl (C=O) groups is 2. The summed E-state index contributed by atoms with van der Waals surface area (Å²) < 4.78 is 9.78. The van der Waals surface area contributed by atoms with Crippen molar-refractivity contribution >= 4 is 11.9 Å². The van der Waals surface area contributed by atoms with E-state index >= 15 is 0 Å². The third kappa shape index (κ3) is 13.1. The van der Waals surface area contributed by atoms with E-state index < -0.39 is 0 Å². The van der Waals surface area contributed by atoms with Crippen molar-refractivity contribution < 1.29 is 29.3 Å². The summed E-state index contributed by atoms with van der Waals surface area (Å²) in [4.78, 5) is 22.4. The maximum absolute atomic E-state index is 11.2. The Morgan fingerprint density at radius 2 is 1.16 bits per heavy atom. The first-order chi connectivity index (χ1) is 9.20. The lowest BCUT2D eigenvalue weighted by Gasteiger charge is -2.05. The van der Waals surface area contributed by atoms with Crippen molar-refractivity contribution in [1.82, 2.24) is 0 Å². The molecule has 0 aliphatic rings. The van der Waals surface area contributed by atoms with E-state index in [-0.39, 0.29) is 38.2 Å². The summed E-state index contributed by atoms with van der Waals surface area (Å²) in [6.45, 7) is 0.691. The molecule has 0 saturated heterocycles. The van der Waals surface area contributed by atoms with Gasteiger partial charge in [-0.25, -0.2) is 0 Å². The highest BCUT2D eigenvalue weighted by molar-refractivity contribution is 5.70. The summed E-state index contributed by atoms with van der Waals surface area (Å²) in [6, 6.07) is 0. The molecule has 6 nitrogen and oxygen atoms in total. The second-order valence-electron chi connectivity index (χ2n) is 4.16. The smallest absolute Gasteiger partial charge is 0.305 e. The Morgan fingerprint density at radius 1 is 0.684 bits per heavy atom. The van der Waals surface area contributed by atoms with Crippen molar-refractivity contribution in [3.8, 4) is 0 Å². The molecule has 2 N–H and O–H groups in total. The minimum atomic E-state index is -0.301. The average Bonchev–Trinajstić information content (AvgIpc) is 2.40. The van der Waals surface area contributed by atoms with E-state index in [2.05, 4.69) is 0 Å². The van der Waals surface area contributed by atoms with E-state index in [4.69, 9.17) is 19.7 Å². The number of esters is 2. The van der Waals surface area contributed by atoms with Crippen LogP contribution in [0.2, 0.25) is 0 Å². The highest BCUT2D eigenvalue weighted by Crippen LogP contribution is 2.03. The normalized spacial score (nSPS) is 10.2. The largest absolute Gasteiger partial charge is 0.466 e. The molecule has 0 spiro atoms. The lowest BCUT2D eigenvalue weighted by molar-refractivity contribution is -0.146. The van der Waals surface area contributed by atoms with Gasteiger partial charge in [0.25, 0.3) is 0 Å². The number of aliphatic hydroxyl groups excluding tert-OH is 2. The number of rotatable bonds is 12. The summed E-state index contributed by atoms with van der Waals surface area (Å²) in [7, 11) is 0. The van der Waals surface area contributed by atoms with Crippen LogP contribution in [0.25, 0.3) is 0 Å². The molecule has 0 aromatic heterocycles. The first-order valence-electron chi connectivity index (χ1n) is 6.73. The van der Waals surface area contributed by atoms with Crippen molar-refractivity contribution in [2.24, 2.45) is 0 Å². The molecule has 0 unspecified atom stereocenters. The fraction of sp³-hybridized carbons (Fsp3) is 0.846. The summed E-state index contributed by atoms with van der Waals surface area (Å²) in [5.74, 6) is -0.573. The second kappa shape index (κ2) is 13.3. The molecule has 0 atom stereocenters. The summed E-state index contributed by atoms with van der Waals surface area (Å²) in [6.07, 6.45) is 3.50. The number of ether oxygens (including phenoxy) is 2. The number of hydrogen-bond donors (Lipinski definition) is 2. The van der Waals surface area contributed by atoms with E-state index in [9.17, 15) is 9.59 Å². The number of hydrogen-bond acceptors (Lipinski definition) is 6. The van der Waals surface area contributed by atoms with Gasteiger partial charge in [0.15, 0.2) is 0 Å². The molecule has 0 aliphatic heterocycles. The maximum Gasteiger partial charge on any atom is 0.305 e. The molecule has 0 rings (SSSR count). The van der Waals surface area contributed by atoms with E-state index in [0.717, 1.165) is 0 Å². The molecule has 0 bridgehead atoms.